The van der Waals surface area contributed by atoms with Crippen molar-refractivity contribution in [3.8, 4) is 0 Å². The number of hydrogen-bond acceptors (Lipinski definition) is 3. The Morgan fingerprint density at radius 1 is 1.82 bits per heavy atom. The van der Waals surface area contributed by atoms with Crippen LogP contribution < -0.4 is 0 Å². The standard InChI is InChI=1S/C8H10O2S/c1-6(5-9)8(10)7-3-2-4-11-7/h2-4,6,9H,5H2,1H3. The van der Waals surface area contributed by atoms with Gasteiger partial charge >= 0.3 is 0 Å². The molecule has 60 valence electrons. The number of aliphatic hydroxyl groups is 1. The lowest BCUT2D eigenvalue weighted by molar-refractivity contribution is 0.0882. The molecule has 0 radical (unpaired) electrons. The predicted octanol–water partition coefficient (Wildman–Crippen LogP) is 1.56. The minimum Gasteiger partial charge on any atom is -0.396 e. The average molecular weight is 170 g/mol. The van der Waals surface area contributed by atoms with Crippen LogP contribution in [-0.2, 0) is 0 Å². The third-order valence-corrected chi connectivity index (χ3v) is 2.37. The van der Waals surface area contributed by atoms with E-state index in [1.807, 2.05) is 11.4 Å². The second-order valence-electron chi connectivity index (χ2n) is 2.43. The van der Waals surface area contributed by atoms with Gasteiger partial charge in [-0.3, -0.25) is 4.79 Å². The van der Waals surface area contributed by atoms with Crippen LogP contribution >= 0.6 is 11.3 Å². The van der Waals surface area contributed by atoms with Gasteiger partial charge in [-0.1, -0.05) is 13.0 Å². The van der Waals surface area contributed by atoms with Crippen molar-refractivity contribution in [1.82, 2.24) is 0 Å². The topological polar surface area (TPSA) is 37.3 Å². The lowest BCUT2D eigenvalue weighted by Gasteiger charge is -2.02. The van der Waals surface area contributed by atoms with E-state index in [9.17, 15) is 4.79 Å². The van der Waals surface area contributed by atoms with E-state index >= 15 is 0 Å². The van der Waals surface area contributed by atoms with Gasteiger partial charge < -0.3 is 5.11 Å². The first-order chi connectivity index (χ1) is 5.25. The number of carbonyl (C=O) groups is 1. The second kappa shape index (κ2) is 3.64. The molecule has 1 rings (SSSR count). The summed E-state index contributed by atoms with van der Waals surface area (Å²) in [6.07, 6.45) is 0. The van der Waals surface area contributed by atoms with Gasteiger partial charge in [0.15, 0.2) is 5.78 Å². The summed E-state index contributed by atoms with van der Waals surface area (Å²) in [5.74, 6) is -0.240. The lowest BCUT2D eigenvalue weighted by atomic mass is 10.1. The highest BCUT2D eigenvalue weighted by molar-refractivity contribution is 7.12. The number of aliphatic hydroxyl groups excluding tert-OH is 1. The van der Waals surface area contributed by atoms with Crippen LogP contribution in [0.3, 0.4) is 0 Å². The zero-order valence-electron chi connectivity index (χ0n) is 6.28. The van der Waals surface area contributed by atoms with Crippen LogP contribution in [0.1, 0.15) is 16.6 Å². The Morgan fingerprint density at radius 2 is 2.55 bits per heavy atom. The van der Waals surface area contributed by atoms with Crippen LogP contribution in [0.2, 0.25) is 0 Å². The molecule has 1 unspecified atom stereocenters. The zero-order chi connectivity index (χ0) is 8.27. The first-order valence-corrected chi connectivity index (χ1v) is 4.32. The van der Waals surface area contributed by atoms with Gasteiger partial charge in [-0.2, -0.15) is 0 Å². The summed E-state index contributed by atoms with van der Waals surface area (Å²) in [6.45, 7) is 1.65. The monoisotopic (exact) mass is 170 g/mol. The third kappa shape index (κ3) is 1.88. The summed E-state index contributed by atoms with van der Waals surface area (Å²) < 4.78 is 0. The molecule has 0 amide bonds. The normalized spacial score (nSPS) is 12.9. The van der Waals surface area contributed by atoms with E-state index in [0.29, 0.717) is 0 Å². The first kappa shape index (κ1) is 8.43. The molecule has 11 heavy (non-hydrogen) atoms. The fraction of sp³-hybridized carbons (Fsp3) is 0.375. The molecule has 0 saturated carbocycles. The minimum absolute atomic E-state index is 0.0301. The fourth-order valence-corrected chi connectivity index (χ4v) is 1.52. The molecule has 0 aliphatic carbocycles. The molecule has 1 N–H and O–H groups in total. The molecule has 0 saturated heterocycles. The molecule has 3 heteroatoms. The molecule has 2 nitrogen and oxygen atoms in total. The van der Waals surface area contributed by atoms with E-state index in [2.05, 4.69) is 0 Å². The summed E-state index contributed by atoms with van der Waals surface area (Å²) in [4.78, 5) is 12.0. The SMILES string of the molecule is CC(CO)C(=O)c1cccs1. The molecule has 0 spiro atoms. The highest BCUT2D eigenvalue weighted by Crippen LogP contribution is 2.13. The van der Waals surface area contributed by atoms with E-state index in [0.717, 1.165) is 4.88 Å². The summed E-state index contributed by atoms with van der Waals surface area (Å²) >= 11 is 1.41. The van der Waals surface area contributed by atoms with Crippen molar-refractivity contribution >= 4 is 17.1 Å². The van der Waals surface area contributed by atoms with Gasteiger partial charge in [-0.05, 0) is 11.4 Å². The van der Waals surface area contributed by atoms with Crippen LogP contribution in [-0.4, -0.2) is 17.5 Å². The van der Waals surface area contributed by atoms with E-state index in [4.69, 9.17) is 5.11 Å². The molecular weight excluding hydrogens is 160 g/mol. The summed E-state index contributed by atoms with van der Waals surface area (Å²) in [5.41, 5.74) is 0. The van der Waals surface area contributed by atoms with Gasteiger partial charge in [0.25, 0.3) is 0 Å². The van der Waals surface area contributed by atoms with Crippen LogP contribution in [0.4, 0.5) is 0 Å². The van der Waals surface area contributed by atoms with Crippen LogP contribution in [0.25, 0.3) is 0 Å². The zero-order valence-corrected chi connectivity index (χ0v) is 7.10. The molecule has 1 aromatic heterocycles. The first-order valence-electron chi connectivity index (χ1n) is 3.44. The smallest absolute Gasteiger partial charge is 0.177 e. The third-order valence-electron chi connectivity index (χ3n) is 1.49. The molecule has 0 aromatic carbocycles. The van der Waals surface area contributed by atoms with Gasteiger partial charge in [0.2, 0.25) is 0 Å². The fourth-order valence-electron chi connectivity index (χ4n) is 0.745. The Kier molecular flexibility index (Phi) is 2.79. The molecule has 0 bridgehead atoms. The van der Waals surface area contributed by atoms with Crippen molar-refractivity contribution in [3.05, 3.63) is 22.4 Å². The maximum atomic E-state index is 11.3. The quantitative estimate of drug-likeness (QED) is 0.699. The molecule has 1 heterocycles. The molecule has 0 aliphatic rings. The number of hydrogen-bond donors (Lipinski definition) is 1. The molecule has 0 aliphatic heterocycles. The van der Waals surface area contributed by atoms with Crippen molar-refractivity contribution in [1.29, 1.82) is 0 Å². The Hall–Kier alpha value is -0.670. The Labute approximate surface area is 69.5 Å². The lowest BCUT2D eigenvalue weighted by Crippen LogP contribution is -2.13. The van der Waals surface area contributed by atoms with E-state index < -0.39 is 0 Å². The number of ketones is 1. The van der Waals surface area contributed by atoms with Crippen molar-refractivity contribution in [2.45, 2.75) is 6.92 Å². The number of carbonyl (C=O) groups excluding carboxylic acids is 1. The Bertz CT molecular complexity index is 228. The van der Waals surface area contributed by atoms with Gasteiger partial charge in [0, 0.05) is 5.92 Å². The van der Waals surface area contributed by atoms with E-state index in [1.54, 1.807) is 13.0 Å². The van der Waals surface area contributed by atoms with Gasteiger partial charge in [0.05, 0.1) is 11.5 Å². The van der Waals surface area contributed by atoms with Crippen LogP contribution in [0, 0.1) is 5.92 Å². The Morgan fingerprint density at radius 3 is 3.00 bits per heavy atom. The second-order valence-corrected chi connectivity index (χ2v) is 3.37. The van der Waals surface area contributed by atoms with Crippen molar-refractivity contribution < 1.29 is 9.90 Å². The Balaban J connectivity index is 2.70. The highest BCUT2D eigenvalue weighted by atomic mass is 32.1. The van der Waals surface area contributed by atoms with Gasteiger partial charge in [-0.15, -0.1) is 11.3 Å². The van der Waals surface area contributed by atoms with E-state index in [1.165, 1.54) is 11.3 Å². The largest absolute Gasteiger partial charge is 0.396 e. The van der Waals surface area contributed by atoms with Crippen molar-refractivity contribution in [2.75, 3.05) is 6.61 Å². The molecular formula is C8H10O2S. The maximum absolute atomic E-state index is 11.3. The van der Waals surface area contributed by atoms with Crippen LogP contribution in [0.15, 0.2) is 17.5 Å². The molecule has 0 fully saturated rings. The van der Waals surface area contributed by atoms with Gasteiger partial charge in [0.1, 0.15) is 0 Å². The summed E-state index contributed by atoms with van der Waals surface area (Å²) in [7, 11) is 0. The van der Waals surface area contributed by atoms with Crippen molar-refractivity contribution in [3.63, 3.8) is 0 Å². The summed E-state index contributed by atoms with van der Waals surface area (Å²) in [6, 6.07) is 3.61. The van der Waals surface area contributed by atoms with E-state index in [-0.39, 0.29) is 18.3 Å². The number of Topliss-reactive ketones (excluding diaryl/α,β-unsaturated/α-hetero) is 1. The van der Waals surface area contributed by atoms with Crippen molar-refractivity contribution in [2.24, 2.45) is 5.92 Å². The summed E-state index contributed by atoms with van der Waals surface area (Å²) in [5, 5.41) is 10.5. The number of rotatable bonds is 3. The number of thiophene rings is 1. The minimum atomic E-state index is -0.270. The maximum Gasteiger partial charge on any atom is 0.177 e. The molecule has 1 atom stereocenters. The molecule has 1 aromatic rings. The average Bonchev–Trinajstić information content (AvgIpc) is 2.53. The van der Waals surface area contributed by atoms with Gasteiger partial charge in [-0.25, -0.2) is 0 Å². The highest BCUT2D eigenvalue weighted by Gasteiger charge is 2.13. The predicted molar refractivity (Wildman–Crippen MR) is 44.9 cm³/mol. The van der Waals surface area contributed by atoms with Crippen LogP contribution in [0.5, 0.6) is 0 Å².